The Hall–Kier alpha value is -1.07. The molecule has 0 radical (unpaired) electrons. The Morgan fingerprint density at radius 2 is 1.67 bits per heavy atom. The molecule has 0 spiro atoms. The fourth-order valence-corrected chi connectivity index (χ4v) is 5.80. The maximum atomic E-state index is 12.1. The van der Waals surface area contributed by atoms with Crippen molar-refractivity contribution < 1.29 is 13.5 Å². The molecule has 1 aliphatic heterocycles. The van der Waals surface area contributed by atoms with Gasteiger partial charge in [-0.1, -0.05) is 25.0 Å². The Bertz CT molecular complexity index is 691. The van der Waals surface area contributed by atoms with E-state index in [4.69, 9.17) is 0 Å². The van der Waals surface area contributed by atoms with Crippen molar-refractivity contribution in [2.45, 2.75) is 70.1 Å². The molecule has 1 atom stereocenters. The normalized spacial score (nSPS) is 26.7. The van der Waals surface area contributed by atoms with Gasteiger partial charge in [0.2, 0.25) is 0 Å². The van der Waals surface area contributed by atoms with E-state index in [1.165, 1.54) is 30.5 Å². The summed E-state index contributed by atoms with van der Waals surface area (Å²) in [4.78, 5) is 2.25. The SMILES string of the molecule is CC(C)S(=O)(=O)CC1CCC(CCc2ccc(N3CCC(O)C3)cc2)CC1. The molecule has 0 bridgehead atoms. The summed E-state index contributed by atoms with van der Waals surface area (Å²) in [6, 6.07) is 8.81. The van der Waals surface area contributed by atoms with Crippen molar-refractivity contribution in [1.29, 1.82) is 0 Å². The minimum absolute atomic E-state index is 0.185. The molecular weight excluding hydrogens is 358 g/mol. The van der Waals surface area contributed by atoms with Gasteiger partial charge in [-0.25, -0.2) is 8.42 Å². The Kier molecular flexibility index (Phi) is 6.85. The van der Waals surface area contributed by atoms with Crippen molar-refractivity contribution in [3.05, 3.63) is 29.8 Å². The predicted molar refractivity (Wildman–Crippen MR) is 112 cm³/mol. The van der Waals surface area contributed by atoms with E-state index in [1.54, 1.807) is 13.8 Å². The van der Waals surface area contributed by atoms with Crippen molar-refractivity contribution in [1.82, 2.24) is 0 Å². The van der Waals surface area contributed by atoms with Crippen LogP contribution in [0.1, 0.15) is 57.9 Å². The van der Waals surface area contributed by atoms with E-state index in [-0.39, 0.29) is 11.4 Å². The second-order valence-electron chi connectivity index (χ2n) is 8.86. The highest BCUT2D eigenvalue weighted by atomic mass is 32.2. The van der Waals surface area contributed by atoms with Crippen molar-refractivity contribution >= 4 is 15.5 Å². The molecule has 3 rings (SSSR count). The van der Waals surface area contributed by atoms with Crippen LogP contribution in [0.4, 0.5) is 5.69 Å². The van der Waals surface area contributed by atoms with Crippen LogP contribution in [0.5, 0.6) is 0 Å². The van der Waals surface area contributed by atoms with Gasteiger partial charge in [-0.05, 0) is 75.5 Å². The minimum atomic E-state index is -2.90. The molecule has 5 heteroatoms. The summed E-state index contributed by atoms with van der Waals surface area (Å²) in [5.74, 6) is 1.48. The second-order valence-corrected chi connectivity index (χ2v) is 11.5. The number of β-amino-alcohol motifs (C(OH)–C–C–N with tert-alkyl or cyclic N) is 1. The molecule has 27 heavy (non-hydrogen) atoms. The quantitative estimate of drug-likeness (QED) is 0.765. The molecule has 1 saturated carbocycles. The lowest BCUT2D eigenvalue weighted by molar-refractivity contribution is 0.198. The van der Waals surface area contributed by atoms with Crippen LogP contribution in [0, 0.1) is 11.8 Å². The summed E-state index contributed by atoms with van der Waals surface area (Å²) in [6.07, 6.45) is 7.44. The lowest BCUT2D eigenvalue weighted by atomic mass is 9.80. The number of benzene rings is 1. The molecule has 1 N–H and O–H groups in total. The molecule has 0 aromatic heterocycles. The van der Waals surface area contributed by atoms with Gasteiger partial charge in [0.1, 0.15) is 0 Å². The van der Waals surface area contributed by atoms with Gasteiger partial charge >= 0.3 is 0 Å². The number of aliphatic hydroxyl groups excluding tert-OH is 1. The Morgan fingerprint density at radius 3 is 2.22 bits per heavy atom. The topological polar surface area (TPSA) is 57.6 Å². The number of nitrogens with zero attached hydrogens (tertiary/aromatic N) is 1. The molecule has 4 nitrogen and oxygen atoms in total. The van der Waals surface area contributed by atoms with E-state index in [0.717, 1.165) is 44.7 Å². The van der Waals surface area contributed by atoms with Crippen LogP contribution in [-0.4, -0.2) is 43.7 Å². The maximum absolute atomic E-state index is 12.1. The summed E-state index contributed by atoms with van der Waals surface area (Å²) in [6.45, 7) is 5.27. The van der Waals surface area contributed by atoms with Gasteiger partial charge in [0.15, 0.2) is 9.84 Å². The van der Waals surface area contributed by atoms with Gasteiger partial charge in [-0.3, -0.25) is 0 Å². The Balaban J connectivity index is 1.41. The second kappa shape index (κ2) is 8.95. The largest absolute Gasteiger partial charge is 0.391 e. The summed E-state index contributed by atoms with van der Waals surface area (Å²) >= 11 is 0. The highest BCUT2D eigenvalue weighted by Crippen LogP contribution is 2.33. The molecule has 152 valence electrons. The number of anilines is 1. The van der Waals surface area contributed by atoms with Crippen molar-refractivity contribution in [2.75, 3.05) is 23.7 Å². The Morgan fingerprint density at radius 1 is 1.04 bits per heavy atom. The lowest BCUT2D eigenvalue weighted by Crippen LogP contribution is -2.26. The first-order valence-electron chi connectivity index (χ1n) is 10.6. The van der Waals surface area contributed by atoms with Crippen LogP contribution in [-0.2, 0) is 16.3 Å². The van der Waals surface area contributed by atoms with Crippen LogP contribution in [0.25, 0.3) is 0 Å². The molecule has 0 amide bonds. The maximum Gasteiger partial charge on any atom is 0.152 e. The van der Waals surface area contributed by atoms with Crippen LogP contribution >= 0.6 is 0 Å². The zero-order valence-corrected chi connectivity index (χ0v) is 17.6. The zero-order chi connectivity index (χ0) is 19.4. The molecule has 1 aromatic carbocycles. The lowest BCUT2D eigenvalue weighted by Gasteiger charge is -2.29. The van der Waals surface area contributed by atoms with E-state index in [0.29, 0.717) is 11.7 Å². The molecule has 1 aromatic rings. The van der Waals surface area contributed by atoms with E-state index >= 15 is 0 Å². The molecule has 1 unspecified atom stereocenters. The third kappa shape index (κ3) is 5.71. The van der Waals surface area contributed by atoms with Crippen molar-refractivity contribution in [3.8, 4) is 0 Å². The van der Waals surface area contributed by atoms with Crippen molar-refractivity contribution in [3.63, 3.8) is 0 Å². The first-order chi connectivity index (χ1) is 12.8. The Labute approximate surface area is 164 Å². The molecule has 2 aliphatic rings. The fraction of sp³-hybridized carbons (Fsp3) is 0.727. The average Bonchev–Trinajstić information content (AvgIpc) is 3.07. The molecule has 1 heterocycles. The number of hydrogen-bond donors (Lipinski definition) is 1. The van der Waals surface area contributed by atoms with Gasteiger partial charge in [-0.15, -0.1) is 0 Å². The summed E-state index contributed by atoms with van der Waals surface area (Å²) in [5, 5.41) is 9.43. The number of hydrogen-bond acceptors (Lipinski definition) is 4. The first-order valence-corrected chi connectivity index (χ1v) is 12.3. The summed E-state index contributed by atoms with van der Waals surface area (Å²) in [7, 11) is -2.90. The fourth-order valence-electron chi connectivity index (χ4n) is 4.43. The van der Waals surface area contributed by atoms with Crippen molar-refractivity contribution in [2.24, 2.45) is 11.8 Å². The predicted octanol–water partition coefficient (Wildman–Crippen LogP) is 3.82. The van der Waals surface area contributed by atoms with Crippen LogP contribution in [0.2, 0.25) is 0 Å². The smallest absolute Gasteiger partial charge is 0.152 e. The monoisotopic (exact) mass is 393 g/mol. The highest BCUT2D eigenvalue weighted by molar-refractivity contribution is 7.91. The number of aryl methyl sites for hydroxylation is 1. The van der Waals surface area contributed by atoms with Crippen LogP contribution in [0.3, 0.4) is 0 Å². The van der Waals surface area contributed by atoms with Crippen LogP contribution < -0.4 is 4.90 Å². The van der Waals surface area contributed by atoms with Gasteiger partial charge in [0.25, 0.3) is 0 Å². The molecular formula is C22H35NO3S. The first kappa shape index (κ1) is 20.7. The minimum Gasteiger partial charge on any atom is -0.391 e. The van der Waals surface area contributed by atoms with E-state index in [9.17, 15) is 13.5 Å². The number of rotatable bonds is 7. The van der Waals surface area contributed by atoms with Gasteiger partial charge in [-0.2, -0.15) is 0 Å². The van der Waals surface area contributed by atoms with Gasteiger partial charge in [0.05, 0.1) is 17.1 Å². The van der Waals surface area contributed by atoms with Gasteiger partial charge < -0.3 is 10.0 Å². The third-order valence-corrected chi connectivity index (χ3v) is 8.83. The third-order valence-electron chi connectivity index (χ3n) is 6.46. The highest BCUT2D eigenvalue weighted by Gasteiger charge is 2.27. The number of sulfone groups is 1. The summed E-state index contributed by atoms with van der Waals surface area (Å²) < 4.78 is 24.2. The van der Waals surface area contributed by atoms with E-state index in [2.05, 4.69) is 29.2 Å². The van der Waals surface area contributed by atoms with Crippen LogP contribution in [0.15, 0.2) is 24.3 Å². The van der Waals surface area contributed by atoms with Gasteiger partial charge in [0, 0.05) is 18.8 Å². The average molecular weight is 394 g/mol. The summed E-state index contributed by atoms with van der Waals surface area (Å²) in [5.41, 5.74) is 2.59. The number of aliphatic hydroxyl groups is 1. The van der Waals surface area contributed by atoms with E-state index in [1.807, 2.05) is 0 Å². The standard InChI is InChI=1S/C22H35NO3S/c1-17(2)27(25,26)16-20-7-5-18(6-8-20)3-4-19-9-11-21(12-10-19)23-14-13-22(24)15-23/h9-12,17-18,20,22,24H,3-8,13-16H2,1-2H3. The van der Waals surface area contributed by atoms with E-state index < -0.39 is 9.84 Å². The molecule has 2 fully saturated rings. The zero-order valence-electron chi connectivity index (χ0n) is 16.8. The molecule has 1 aliphatic carbocycles. The molecule has 1 saturated heterocycles.